The molecule has 2 aromatic heterocycles. The van der Waals surface area contributed by atoms with Crippen molar-refractivity contribution in [1.82, 2.24) is 19.5 Å². The molecule has 11 heteroatoms. The topological polar surface area (TPSA) is 124 Å². The van der Waals surface area contributed by atoms with E-state index in [0.29, 0.717) is 29.9 Å². The minimum Gasteiger partial charge on any atom is -0.493 e. The summed E-state index contributed by atoms with van der Waals surface area (Å²) in [7, 11) is -4.09. The van der Waals surface area contributed by atoms with E-state index in [1.54, 1.807) is 24.7 Å². The summed E-state index contributed by atoms with van der Waals surface area (Å²) in [6.45, 7) is 6.76. The van der Waals surface area contributed by atoms with E-state index in [2.05, 4.69) is 27.3 Å². The Morgan fingerprint density at radius 2 is 1.81 bits per heavy atom. The van der Waals surface area contributed by atoms with Crippen molar-refractivity contribution in [1.29, 1.82) is 0 Å². The van der Waals surface area contributed by atoms with Crippen LogP contribution in [0.15, 0.2) is 83.9 Å². The van der Waals surface area contributed by atoms with Gasteiger partial charge in [-0.15, -0.1) is 0 Å². The van der Waals surface area contributed by atoms with Gasteiger partial charge in [0.1, 0.15) is 24.2 Å². The molecule has 1 aliphatic heterocycles. The number of benzene rings is 3. The van der Waals surface area contributed by atoms with E-state index in [0.717, 1.165) is 52.9 Å². The molecule has 1 atom stereocenters. The molecule has 5 aromatic rings. The highest BCUT2D eigenvalue weighted by molar-refractivity contribution is 7.89. The molecule has 47 heavy (non-hydrogen) atoms. The number of anilines is 1. The lowest BCUT2D eigenvalue weighted by Gasteiger charge is -2.20. The second-order valence-corrected chi connectivity index (χ2v) is 13.6. The van der Waals surface area contributed by atoms with Crippen molar-refractivity contribution in [2.45, 2.75) is 64.1 Å². The van der Waals surface area contributed by atoms with Crippen LogP contribution in [0.25, 0.3) is 10.9 Å². The first kappa shape index (κ1) is 32.2. The van der Waals surface area contributed by atoms with Crippen molar-refractivity contribution in [2.24, 2.45) is 0 Å². The van der Waals surface area contributed by atoms with E-state index in [1.165, 1.54) is 5.56 Å². The van der Waals surface area contributed by atoms with Gasteiger partial charge in [-0.2, -0.15) is 9.82 Å². The molecule has 0 fully saturated rings. The molecule has 244 valence electrons. The van der Waals surface area contributed by atoms with Gasteiger partial charge in [-0.1, -0.05) is 54.1 Å². The van der Waals surface area contributed by atoms with Crippen LogP contribution in [-0.2, 0) is 45.5 Å². The van der Waals surface area contributed by atoms with E-state index in [-0.39, 0.29) is 18.0 Å². The average Bonchev–Trinajstić information content (AvgIpc) is 3.44. The molecule has 2 N–H and O–H groups in total. The smallest absolute Gasteiger partial charge is 0.326 e. The third kappa shape index (κ3) is 7.64. The van der Waals surface area contributed by atoms with Gasteiger partial charge in [0, 0.05) is 24.0 Å². The van der Waals surface area contributed by atoms with Crippen molar-refractivity contribution < 1.29 is 22.7 Å². The highest BCUT2D eigenvalue weighted by Gasteiger charge is 2.30. The molecular formula is C36H39N5O5S. The number of hydrogen-bond acceptors (Lipinski definition) is 8. The van der Waals surface area contributed by atoms with Crippen LogP contribution in [0.2, 0.25) is 0 Å². The van der Waals surface area contributed by atoms with Crippen molar-refractivity contribution in [3.8, 4) is 5.75 Å². The number of hydrogen-bond donors (Lipinski definition) is 2. The largest absolute Gasteiger partial charge is 0.493 e. The van der Waals surface area contributed by atoms with E-state index in [9.17, 15) is 13.2 Å². The van der Waals surface area contributed by atoms with Crippen LogP contribution in [0.5, 0.6) is 5.75 Å². The number of sulfonamides is 1. The SMILES string of the molecule is Cc1cc(C)c(S(=O)(=O)NC(Cn2ncc3cc(OCCc4ccc5c(n4)NCCC5)ccc32)C(=O)OCc2ccccc2)c(C)c1. The molecule has 0 bridgehead atoms. The maximum atomic E-state index is 13.7. The first-order valence-electron chi connectivity index (χ1n) is 15.8. The van der Waals surface area contributed by atoms with Crippen molar-refractivity contribution in [3.63, 3.8) is 0 Å². The van der Waals surface area contributed by atoms with Crippen LogP contribution in [0.3, 0.4) is 0 Å². The Labute approximate surface area is 275 Å². The highest BCUT2D eigenvalue weighted by Crippen LogP contribution is 2.25. The summed E-state index contributed by atoms with van der Waals surface area (Å²) in [6, 6.07) is 21.4. The summed E-state index contributed by atoms with van der Waals surface area (Å²) in [5.74, 6) is 0.948. The number of nitrogens with zero attached hydrogens (tertiary/aromatic N) is 3. The summed E-state index contributed by atoms with van der Waals surface area (Å²) in [5, 5.41) is 8.66. The quantitative estimate of drug-likeness (QED) is 0.171. The number of rotatable bonds is 12. The molecular weight excluding hydrogens is 614 g/mol. The number of esters is 1. The third-order valence-corrected chi connectivity index (χ3v) is 10.0. The summed E-state index contributed by atoms with van der Waals surface area (Å²) in [4.78, 5) is 18.3. The molecule has 10 nitrogen and oxygen atoms in total. The van der Waals surface area contributed by atoms with Gasteiger partial charge in [-0.3, -0.25) is 9.48 Å². The fraction of sp³-hybridized carbons (Fsp3) is 0.306. The molecule has 0 saturated heterocycles. The summed E-state index contributed by atoms with van der Waals surface area (Å²) in [6.07, 6.45) is 4.51. The third-order valence-electron chi connectivity index (χ3n) is 8.23. The zero-order valence-corrected chi connectivity index (χ0v) is 27.6. The molecule has 0 amide bonds. The van der Waals surface area contributed by atoms with Gasteiger partial charge >= 0.3 is 5.97 Å². The monoisotopic (exact) mass is 653 g/mol. The molecule has 0 spiro atoms. The molecule has 0 aliphatic carbocycles. The van der Waals surface area contributed by atoms with Gasteiger partial charge in [-0.05, 0) is 80.1 Å². The Kier molecular flexibility index (Phi) is 9.55. The lowest BCUT2D eigenvalue weighted by Crippen LogP contribution is -2.45. The molecule has 6 rings (SSSR count). The molecule has 1 unspecified atom stereocenters. The van der Waals surface area contributed by atoms with Gasteiger partial charge in [0.2, 0.25) is 10.0 Å². The molecule has 0 radical (unpaired) electrons. The lowest BCUT2D eigenvalue weighted by atomic mass is 10.1. The summed E-state index contributed by atoms with van der Waals surface area (Å²) >= 11 is 0. The maximum Gasteiger partial charge on any atom is 0.326 e. The standard InChI is InChI=1S/C36H39N5O5S/c1-24-18-25(2)34(26(3)19-24)47(43,44)40-32(36(42)46-23-27-8-5-4-6-9-27)22-41-33-14-13-31(20-29(33)21-38-41)45-17-15-30-12-11-28-10-7-16-37-35(28)39-30/h4-6,8-9,11-14,18-21,32,40H,7,10,15-17,22-23H2,1-3H3,(H,37,39). The Morgan fingerprint density at radius 3 is 2.60 bits per heavy atom. The summed E-state index contributed by atoms with van der Waals surface area (Å²) in [5.41, 5.74) is 5.90. The first-order valence-corrected chi connectivity index (χ1v) is 17.3. The van der Waals surface area contributed by atoms with E-state index in [4.69, 9.17) is 14.5 Å². The first-order chi connectivity index (χ1) is 22.7. The van der Waals surface area contributed by atoms with Gasteiger partial charge < -0.3 is 14.8 Å². The number of pyridine rings is 1. The molecule has 1 aliphatic rings. The number of carbonyl (C=O) groups excluding carboxylic acids is 1. The number of ether oxygens (including phenoxy) is 2. The van der Waals surface area contributed by atoms with E-state index < -0.39 is 22.0 Å². The van der Waals surface area contributed by atoms with Gasteiger partial charge in [0.15, 0.2) is 0 Å². The number of carbonyl (C=O) groups is 1. The summed E-state index contributed by atoms with van der Waals surface area (Å²) < 4.78 is 43.3. The lowest BCUT2D eigenvalue weighted by molar-refractivity contribution is -0.147. The number of fused-ring (bicyclic) bond motifs is 2. The second-order valence-electron chi connectivity index (χ2n) is 12.0. The Balaban J connectivity index is 1.18. The van der Waals surface area contributed by atoms with Crippen LogP contribution >= 0.6 is 0 Å². The predicted molar refractivity (Wildman–Crippen MR) is 181 cm³/mol. The fourth-order valence-corrected chi connectivity index (χ4v) is 7.71. The van der Waals surface area contributed by atoms with Crippen molar-refractivity contribution in [2.75, 3.05) is 18.5 Å². The van der Waals surface area contributed by atoms with E-state index >= 15 is 0 Å². The van der Waals surface area contributed by atoms with E-state index in [1.807, 2.05) is 67.6 Å². The molecule has 3 heterocycles. The number of aromatic nitrogens is 3. The predicted octanol–water partition coefficient (Wildman–Crippen LogP) is 5.43. The second kappa shape index (κ2) is 13.9. The minimum absolute atomic E-state index is 0.0124. The van der Waals surface area contributed by atoms with Gasteiger partial charge in [0.25, 0.3) is 0 Å². The zero-order chi connectivity index (χ0) is 33.0. The normalized spacial score (nSPS) is 13.5. The zero-order valence-electron chi connectivity index (χ0n) is 26.8. The Hall–Kier alpha value is -4.74. The molecule has 3 aromatic carbocycles. The maximum absolute atomic E-state index is 13.7. The van der Waals surface area contributed by atoms with Gasteiger partial charge in [0.05, 0.1) is 29.8 Å². The fourth-order valence-electron chi connectivity index (χ4n) is 6.08. The van der Waals surface area contributed by atoms with Crippen LogP contribution < -0.4 is 14.8 Å². The average molecular weight is 654 g/mol. The van der Waals surface area contributed by atoms with Crippen LogP contribution in [0.4, 0.5) is 5.82 Å². The molecule has 0 saturated carbocycles. The highest BCUT2D eigenvalue weighted by atomic mass is 32.2. The van der Waals surface area contributed by atoms with Crippen molar-refractivity contribution in [3.05, 3.63) is 113 Å². The Morgan fingerprint density at radius 1 is 1.02 bits per heavy atom. The van der Waals surface area contributed by atoms with Gasteiger partial charge in [-0.25, -0.2) is 13.4 Å². The number of aryl methyl sites for hydroxylation is 4. The van der Waals surface area contributed by atoms with Crippen molar-refractivity contribution >= 4 is 32.7 Å². The van der Waals surface area contributed by atoms with Crippen LogP contribution in [0, 0.1) is 20.8 Å². The minimum atomic E-state index is -4.09. The van der Waals surface area contributed by atoms with Crippen LogP contribution in [-0.4, -0.2) is 48.3 Å². The van der Waals surface area contributed by atoms with Crippen LogP contribution in [0.1, 0.15) is 39.9 Å². The number of nitrogens with one attached hydrogen (secondary N) is 2. The Bertz CT molecular complexity index is 1990.